The molecule has 1 rings (SSSR count). The smallest absolute Gasteiger partial charge is 0.119 e. The van der Waals surface area contributed by atoms with Gasteiger partial charge in [0.2, 0.25) is 0 Å². The third-order valence-electron chi connectivity index (χ3n) is 2.43. The van der Waals surface area contributed by atoms with Crippen LogP contribution in [0.2, 0.25) is 0 Å². The molecule has 0 spiro atoms. The molecular weight excluding hydrogens is 202 g/mol. The van der Waals surface area contributed by atoms with Crippen LogP contribution < -0.4 is 14.8 Å². The molecule has 0 radical (unpaired) electrons. The molecule has 0 aliphatic carbocycles. The number of rotatable bonds is 7. The van der Waals surface area contributed by atoms with E-state index in [0.29, 0.717) is 0 Å². The Morgan fingerprint density at radius 1 is 1.19 bits per heavy atom. The fourth-order valence-electron chi connectivity index (χ4n) is 1.51. The monoisotopic (exact) mass is 223 g/mol. The van der Waals surface area contributed by atoms with Crippen molar-refractivity contribution in [1.82, 2.24) is 5.32 Å². The van der Waals surface area contributed by atoms with Crippen molar-refractivity contribution in [3.05, 3.63) is 24.3 Å². The molecule has 1 atom stereocenters. The van der Waals surface area contributed by atoms with E-state index in [4.69, 9.17) is 9.47 Å². The standard InChI is InChI=1S/C13H21NO2/c1-11(5-4-10-14-2)16-13-8-6-12(15-3)7-9-13/h6-9,11,14H,4-5,10H2,1-3H3. The van der Waals surface area contributed by atoms with Crippen molar-refractivity contribution in [2.24, 2.45) is 0 Å². The van der Waals surface area contributed by atoms with Crippen LogP contribution in [0.4, 0.5) is 0 Å². The lowest BCUT2D eigenvalue weighted by Gasteiger charge is -2.14. The third-order valence-corrected chi connectivity index (χ3v) is 2.43. The maximum Gasteiger partial charge on any atom is 0.119 e. The molecule has 0 fully saturated rings. The Balaban J connectivity index is 2.34. The summed E-state index contributed by atoms with van der Waals surface area (Å²) in [6, 6.07) is 7.70. The van der Waals surface area contributed by atoms with E-state index >= 15 is 0 Å². The average Bonchev–Trinajstić information content (AvgIpc) is 2.30. The molecule has 0 aromatic heterocycles. The van der Waals surface area contributed by atoms with Crippen molar-refractivity contribution in [3.8, 4) is 11.5 Å². The van der Waals surface area contributed by atoms with E-state index in [1.165, 1.54) is 0 Å². The molecule has 3 nitrogen and oxygen atoms in total. The highest BCUT2D eigenvalue weighted by Crippen LogP contribution is 2.18. The number of methoxy groups -OCH3 is 1. The fourth-order valence-corrected chi connectivity index (χ4v) is 1.51. The number of benzene rings is 1. The number of ether oxygens (including phenoxy) is 2. The van der Waals surface area contributed by atoms with Gasteiger partial charge in [0.05, 0.1) is 13.2 Å². The molecule has 90 valence electrons. The van der Waals surface area contributed by atoms with E-state index in [9.17, 15) is 0 Å². The predicted molar refractivity (Wildman–Crippen MR) is 66.2 cm³/mol. The summed E-state index contributed by atoms with van der Waals surface area (Å²) in [5, 5.41) is 3.13. The minimum atomic E-state index is 0.252. The summed E-state index contributed by atoms with van der Waals surface area (Å²) in [7, 11) is 3.63. The lowest BCUT2D eigenvalue weighted by Crippen LogP contribution is -2.15. The van der Waals surface area contributed by atoms with Crippen molar-refractivity contribution in [2.75, 3.05) is 20.7 Å². The van der Waals surface area contributed by atoms with E-state index in [1.807, 2.05) is 31.3 Å². The maximum absolute atomic E-state index is 5.78. The number of hydrogen-bond acceptors (Lipinski definition) is 3. The van der Waals surface area contributed by atoms with Gasteiger partial charge in [-0.25, -0.2) is 0 Å². The Bertz CT molecular complexity index is 284. The lowest BCUT2D eigenvalue weighted by atomic mass is 10.2. The van der Waals surface area contributed by atoms with Crippen molar-refractivity contribution in [2.45, 2.75) is 25.9 Å². The maximum atomic E-state index is 5.78. The van der Waals surface area contributed by atoms with E-state index < -0.39 is 0 Å². The zero-order chi connectivity index (χ0) is 11.8. The van der Waals surface area contributed by atoms with Crippen LogP contribution in [0.1, 0.15) is 19.8 Å². The van der Waals surface area contributed by atoms with Crippen LogP contribution in [-0.2, 0) is 0 Å². The van der Waals surface area contributed by atoms with Crippen LogP contribution in [0, 0.1) is 0 Å². The first kappa shape index (κ1) is 12.8. The Labute approximate surface area is 97.8 Å². The first-order valence-corrected chi connectivity index (χ1v) is 5.71. The zero-order valence-electron chi connectivity index (χ0n) is 10.3. The Kier molecular flexibility index (Phi) is 5.72. The molecule has 0 heterocycles. The normalized spacial score (nSPS) is 12.2. The molecule has 3 heteroatoms. The third kappa shape index (κ3) is 4.53. The predicted octanol–water partition coefficient (Wildman–Crippen LogP) is 2.46. The van der Waals surface area contributed by atoms with Crippen molar-refractivity contribution in [3.63, 3.8) is 0 Å². The van der Waals surface area contributed by atoms with Gasteiger partial charge in [-0.1, -0.05) is 0 Å². The molecule has 1 N–H and O–H groups in total. The largest absolute Gasteiger partial charge is 0.497 e. The van der Waals surface area contributed by atoms with Gasteiger partial charge in [-0.2, -0.15) is 0 Å². The molecular formula is C13H21NO2. The highest BCUT2D eigenvalue weighted by atomic mass is 16.5. The second kappa shape index (κ2) is 7.12. The minimum absolute atomic E-state index is 0.252. The zero-order valence-corrected chi connectivity index (χ0v) is 10.3. The van der Waals surface area contributed by atoms with Crippen LogP contribution in [0.25, 0.3) is 0 Å². The first-order chi connectivity index (χ1) is 7.76. The summed E-state index contributed by atoms with van der Waals surface area (Å²) in [6.45, 7) is 3.14. The van der Waals surface area contributed by atoms with Gasteiger partial charge in [-0.3, -0.25) is 0 Å². The van der Waals surface area contributed by atoms with Gasteiger partial charge in [0.1, 0.15) is 11.5 Å². The quantitative estimate of drug-likeness (QED) is 0.720. The van der Waals surface area contributed by atoms with Crippen LogP contribution >= 0.6 is 0 Å². The highest BCUT2D eigenvalue weighted by molar-refractivity contribution is 5.31. The summed E-state index contributed by atoms with van der Waals surface area (Å²) in [6.07, 6.45) is 2.45. The van der Waals surface area contributed by atoms with Crippen LogP contribution in [0.5, 0.6) is 11.5 Å². The van der Waals surface area contributed by atoms with Gasteiger partial charge in [-0.15, -0.1) is 0 Å². The fraction of sp³-hybridized carbons (Fsp3) is 0.538. The second-order valence-electron chi connectivity index (χ2n) is 3.85. The molecule has 16 heavy (non-hydrogen) atoms. The van der Waals surface area contributed by atoms with Gasteiger partial charge in [0.15, 0.2) is 0 Å². The van der Waals surface area contributed by atoms with Crippen molar-refractivity contribution < 1.29 is 9.47 Å². The SMILES string of the molecule is CNCCCC(C)Oc1ccc(OC)cc1. The highest BCUT2D eigenvalue weighted by Gasteiger charge is 2.03. The van der Waals surface area contributed by atoms with Crippen molar-refractivity contribution >= 4 is 0 Å². The number of nitrogens with one attached hydrogen (secondary N) is 1. The molecule has 1 aromatic carbocycles. The summed E-state index contributed by atoms with van der Waals surface area (Å²) in [5.74, 6) is 1.76. The van der Waals surface area contributed by atoms with E-state index in [-0.39, 0.29) is 6.10 Å². The van der Waals surface area contributed by atoms with Crippen molar-refractivity contribution in [1.29, 1.82) is 0 Å². The molecule has 0 amide bonds. The summed E-state index contributed by atoms with van der Waals surface area (Å²) < 4.78 is 10.9. The molecule has 0 aliphatic heterocycles. The van der Waals surface area contributed by atoms with E-state index in [1.54, 1.807) is 7.11 Å². The molecule has 0 saturated carbocycles. The Morgan fingerprint density at radius 2 is 1.81 bits per heavy atom. The summed E-state index contributed by atoms with van der Waals surface area (Å²) in [4.78, 5) is 0. The minimum Gasteiger partial charge on any atom is -0.497 e. The lowest BCUT2D eigenvalue weighted by molar-refractivity contribution is 0.207. The van der Waals surface area contributed by atoms with E-state index in [2.05, 4.69) is 12.2 Å². The molecule has 1 unspecified atom stereocenters. The van der Waals surface area contributed by atoms with Gasteiger partial charge >= 0.3 is 0 Å². The average molecular weight is 223 g/mol. The number of hydrogen-bond donors (Lipinski definition) is 1. The molecule has 0 bridgehead atoms. The summed E-state index contributed by atoms with van der Waals surface area (Å²) >= 11 is 0. The van der Waals surface area contributed by atoms with Crippen LogP contribution in [0.15, 0.2) is 24.3 Å². The Hall–Kier alpha value is -1.22. The van der Waals surface area contributed by atoms with Gasteiger partial charge < -0.3 is 14.8 Å². The van der Waals surface area contributed by atoms with Crippen LogP contribution in [0.3, 0.4) is 0 Å². The van der Waals surface area contributed by atoms with E-state index in [0.717, 1.165) is 30.9 Å². The first-order valence-electron chi connectivity index (χ1n) is 5.71. The van der Waals surface area contributed by atoms with Crippen LogP contribution in [-0.4, -0.2) is 26.8 Å². The van der Waals surface area contributed by atoms with Gasteiger partial charge in [0.25, 0.3) is 0 Å². The summed E-state index contributed by atoms with van der Waals surface area (Å²) in [5.41, 5.74) is 0. The Morgan fingerprint density at radius 3 is 2.38 bits per heavy atom. The topological polar surface area (TPSA) is 30.5 Å². The second-order valence-corrected chi connectivity index (χ2v) is 3.85. The molecule has 0 aliphatic rings. The van der Waals surface area contributed by atoms with Gasteiger partial charge in [0, 0.05) is 0 Å². The molecule has 1 aromatic rings. The van der Waals surface area contributed by atoms with Gasteiger partial charge in [-0.05, 0) is 57.6 Å². The molecule has 0 saturated heterocycles.